The minimum Gasteiger partial charge on any atom is -0.478 e. The highest BCUT2D eigenvalue weighted by Gasteiger charge is 2.11. The van der Waals surface area contributed by atoms with Crippen LogP contribution in [0.2, 0.25) is 10.0 Å². The highest BCUT2D eigenvalue weighted by molar-refractivity contribution is 6.31. The van der Waals surface area contributed by atoms with Crippen LogP contribution in [0.15, 0.2) is 36.4 Å². The Balaban J connectivity index is 2.29. The van der Waals surface area contributed by atoms with Gasteiger partial charge in [-0.3, -0.25) is 4.79 Å². The van der Waals surface area contributed by atoms with Crippen LogP contribution in [0.4, 0.5) is 5.69 Å². The van der Waals surface area contributed by atoms with Gasteiger partial charge in [0.1, 0.15) is 0 Å². The van der Waals surface area contributed by atoms with Gasteiger partial charge in [-0.05, 0) is 48.9 Å². The van der Waals surface area contributed by atoms with E-state index < -0.39 is 5.97 Å². The summed E-state index contributed by atoms with van der Waals surface area (Å²) in [5.41, 5.74) is 1.55. The molecule has 0 aliphatic heterocycles. The van der Waals surface area contributed by atoms with Crippen LogP contribution in [0.1, 0.15) is 26.3 Å². The van der Waals surface area contributed by atoms with E-state index in [0.717, 1.165) is 5.56 Å². The van der Waals surface area contributed by atoms with Gasteiger partial charge in [-0.1, -0.05) is 23.2 Å². The third kappa shape index (κ3) is 3.97. The number of carboxylic acid groups (broad SMARTS) is 1. The summed E-state index contributed by atoms with van der Waals surface area (Å²) in [5, 5.41) is 12.3. The van der Waals surface area contributed by atoms with Crippen LogP contribution >= 0.6 is 23.2 Å². The lowest BCUT2D eigenvalue weighted by molar-refractivity contribution is 0.0696. The molecule has 0 aliphatic carbocycles. The van der Waals surface area contributed by atoms with Gasteiger partial charge in [0.05, 0.1) is 5.56 Å². The highest BCUT2D eigenvalue weighted by atomic mass is 35.5. The zero-order valence-corrected chi connectivity index (χ0v) is 12.5. The number of rotatable bonds is 3. The first-order valence-electron chi connectivity index (χ1n) is 5.97. The minimum absolute atomic E-state index is 0.0000691. The molecule has 21 heavy (non-hydrogen) atoms. The summed E-state index contributed by atoms with van der Waals surface area (Å²) in [4.78, 5) is 23.1. The lowest BCUT2D eigenvalue weighted by atomic mass is 10.1. The summed E-state index contributed by atoms with van der Waals surface area (Å²) in [7, 11) is 0. The van der Waals surface area contributed by atoms with Crippen LogP contribution in [0.25, 0.3) is 0 Å². The predicted molar refractivity (Wildman–Crippen MR) is 82.6 cm³/mol. The van der Waals surface area contributed by atoms with E-state index in [0.29, 0.717) is 16.3 Å². The number of hydrogen-bond acceptors (Lipinski definition) is 2. The fourth-order valence-corrected chi connectivity index (χ4v) is 2.38. The highest BCUT2D eigenvalue weighted by Crippen LogP contribution is 2.21. The molecule has 0 fully saturated rings. The molecule has 0 spiro atoms. The van der Waals surface area contributed by atoms with E-state index in [9.17, 15) is 9.59 Å². The lowest BCUT2D eigenvalue weighted by Gasteiger charge is -2.08. The van der Waals surface area contributed by atoms with Crippen LogP contribution in [0.5, 0.6) is 0 Å². The predicted octanol–water partition coefficient (Wildman–Crippen LogP) is 4.25. The number of nitrogens with one attached hydrogen (secondary N) is 1. The maximum Gasteiger partial charge on any atom is 0.335 e. The molecule has 0 aromatic heterocycles. The second-order valence-electron chi connectivity index (χ2n) is 4.51. The normalized spacial score (nSPS) is 10.2. The van der Waals surface area contributed by atoms with Crippen LogP contribution in [0, 0.1) is 6.92 Å². The number of aromatic carboxylic acids is 1. The van der Waals surface area contributed by atoms with Crippen molar-refractivity contribution in [1.29, 1.82) is 0 Å². The summed E-state index contributed by atoms with van der Waals surface area (Å²) in [6.07, 6.45) is 0. The molecule has 0 unspecified atom stereocenters. The molecule has 0 aliphatic rings. The number of benzene rings is 2. The van der Waals surface area contributed by atoms with E-state index in [-0.39, 0.29) is 16.5 Å². The first-order chi connectivity index (χ1) is 9.85. The van der Waals surface area contributed by atoms with E-state index >= 15 is 0 Å². The average Bonchev–Trinajstić information content (AvgIpc) is 2.36. The lowest BCUT2D eigenvalue weighted by Crippen LogP contribution is -2.12. The molecule has 0 heterocycles. The third-order valence-corrected chi connectivity index (χ3v) is 3.14. The van der Waals surface area contributed by atoms with E-state index in [1.165, 1.54) is 24.3 Å². The van der Waals surface area contributed by atoms with Crippen molar-refractivity contribution in [2.45, 2.75) is 6.92 Å². The molecule has 0 bridgehead atoms. The SMILES string of the molecule is Cc1cc(Cl)cc(C(=O)Nc2cc(Cl)cc(C(=O)O)c2)c1. The van der Waals surface area contributed by atoms with Gasteiger partial charge in [0.25, 0.3) is 5.91 Å². The Morgan fingerprint density at radius 1 is 0.952 bits per heavy atom. The van der Waals surface area contributed by atoms with Crippen molar-refractivity contribution >= 4 is 40.8 Å². The maximum atomic E-state index is 12.2. The molecule has 2 N–H and O–H groups in total. The number of anilines is 1. The van der Waals surface area contributed by atoms with Gasteiger partial charge >= 0.3 is 5.97 Å². The second kappa shape index (κ2) is 6.16. The number of aryl methyl sites for hydroxylation is 1. The molecular formula is C15H11Cl2NO3. The standard InChI is InChI=1S/C15H11Cl2NO3/c1-8-2-9(4-11(16)3-8)14(19)18-13-6-10(15(20)21)5-12(17)7-13/h2-7H,1H3,(H,18,19)(H,20,21). The summed E-state index contributed by atoms with van der Waals surface area (Å²) >= 11 is 11.7. The first kappa shape index (κ1) is 15.4. The van der Waals surface area contributed by atoms with Gasteiger partial charge in [-0.15, -0.1) is 0 Å². The summed E-state index contributed by atoms with van der Waals surface area (Å²) in [5.74, 6) is -1.51. The van der Waals surface area contributed by atoms with Crippen LogP contribution in [-0.2, 0) is 0 Å². The molecule has 4 nitrogen and oxygen atoms in total. The summed E-state index contributed by atoms with van der Waals surface area (Å²) in [6, 6.07) is 9.08. The largest absolute Gasteiger partial charge is 0.478 e. The van der Waals surface area contributed by atoms with Crippen molar-refractivity contribution in [3.8, 4) is 0 Å². The third-order valence-electron chi connectivity index (χ3n) is 2.71. The number of carbonyl (C=O) groups is 2. The van der Waals surface area contributed by atoms with Crippen molar-refractivity contribution in [3.05, 3.63) is 63.1 Å². The maximum absolute atomic E-state index is 12.2. The minimum atomic E-state index is -1.12. The van der Waals surface area contributed by atoms with Gasteiger partial charge in [-0.25, -0.2) is 4.79 Å². The quantitative estimate of drug-likeness (QED) is 0.887. The molecule has 0 radical (unpaired) electrons. The van der Waals surface area contributed by atoms with Gasteiger partial charge in [0.2, 0.25) is 0 Å². The van der Waals surface area contributed by atoms with Gasteiger partial charge in [0, 0.05) is 21.3 Å². The Morgan fingerprint density at radius 2 is 1.57 bits per heavy atom. The number of amides is 1. The Kier molecular flexibility index (Phi) is 4.50. The second-order valence-corrected chi connectivity index (χ2v) is 5.38. The molecule has 0 atom stereocenters. The van der Waals surface area contributed by atoms with Crippen molar-refractivity contribution in [2.24, 2.45) is 0 Å². The summed E-state index contributed by atoms with van der Waals surface area (Å²) in [6.45, 7) is 1.82. The van der Waals surface area contributed by atoms with E-state index in [2.05, 4.69) is 5.32 Å². The molecule has 0 saturated heterocycles. The zero-order valence-electron chi connectivity index (χ0n) is 11.0. The summed E-state index contributed by atoms with van der Waals surface area (Å²) < 4.78 is 0. The van der Waals surface area contributed by atoms with Crippen molar-refractivity contribution < 1.29 is 14.7 Å². The van der Waals surface area contributed by atoms with E-state index in [1.54, 1.807) is 12.1 Å². The van der Waals surface area contributed by atoms with Crippen LogP contribution < -0.4 is 5.32 Å². The van der Waals surface area contributed by atoms with Gasteiger partial charge in [-0.2, -0.15) is 0 Å². The molecule has 1 amide bonds. The monoisotopic (exact) mass is 323 g/mol. The van der Waals surface area contributed by atoms with Crippen molar-refractivity contribution in [1.82, 2.24) is 0 Å². The number of carboxylic acids is 1. The first-order valence-corrected chi connectivity index (χ1v) is 6.73. The van der Waals surface area contributed by atoms with Gasteiger partial charge in [0.15, 0.2) is 0 Å². The van der Waals surface area contributed by atoms with E-state index in [4.69, 9.17) is 28.3 Å². The van der Waals surface area contributed by atoms with Crippen LogP contribution in [-0.4, -0.2) is 17.0 Å². The molecule has 6 heteroatoms. The molecular weight excluding hydrogens is 313 g/mol. The van der Waals surface area contributed by atoms with Crippen LogP contribution in [0.3, 0.4) is 0 Å². The Labute approximate surface area is 131 Å². The Hall–Kier alpha value is -2.04. The smallest absolute Gasteiger partial charge is 0.335 e. The molecule has 2 aromatic carbocycles. The van der Waals surface area contributed by atoms with Crippen molar-refractivity contribution in [2.75, 3.05) is 5.32 Å². The number of halogens is 2. The number of carbonyl (C=O) groups excluding carboxylic acids is 1. The Morgan fingerprint density at radius 3 is 2.19 bits per heavy atom. The fraction of sp³-hybridized carbons (Fsp3) is 0.0667. The Bertz CT molecular complexity index is 709. The van der Waals surface area contributed by atoms with E-state index in [1.807, 2.05) is 6.92 Å². The zero-order chi connectivity index (χ0) is 15.6. The molecule has 108 valence electrons. The van der Waals surface area contributed by atoms with Gasteiger partial charge < -0.3 is 10.4 Å². The fourth-order valence-electron chi connectivity index (χ4n) is 1.86. The average molecular weight is 324 g/mol. The molecule has 2 aromatic rings. The topological polar surface area (TPSA) is 66.4 Å². The van der Waals surface area contributed by atoms with Crippen molar-refractivity contribution in [3.63, 3.8) is 0 Å². The molecule has 2 rings (SSSR count). The number of hydrogen-bond donors (Lipinski definition) is 2. The molecule has 0 saturated carbocycles.